The molecule has 1 atom stereocenters. The fourth-order valence-electron chi connectivity index (χ4n) is 1.66. The highest BCUT2D eigenvalue weighted by Crippen LogP contribution is 2.51. The van der Waals surface area contributed by atoms with Crippen molar-refractivity contribution in [2.75, 3.05) is 6.61 Å². The average Bonchev–Trinajstić information content (AvgIpc) is 3.13. The van der Waals surface area contributed by atoms with Crippen molar-refractivity contribution in [2.24, 2.45) is 5.92 Å². The second-order valence-electron chi connectivity index (χ2n) is 3.93. The first-order chi connectivity index (χ1) is 8.09. The molecule has 2 rings (SSSR count). The Morgan fingerprint density at radius 2 is 2.18 bits per heavy atom. The highest BCUT2D eigenvalue weighted by molar-refractivity contribution is 9.10. The van der Waals surface area contributed by atoms with E-state index in [4.69, 9.17) is 16.3 Å². The number of rotatable bonds is 4. The van der Waals surface area contributed by atoms with Crippen LogP contribution in [0.3, 0.4) is 0 Å². The van der Waals surface area contributed by atoms with E-state index in [2.05, 4.69) is 25.9 Å². The van der Waals surface area contributed by atoms with Crippen LogP contribution < -0.4 is 0 Å². The molecule has 6 heteroatoms. The molecule has 1 aromatic rings. The molecular weight excluding hydrogens is 307 g/mol. The van der Waals surface area contributed by atoms with E-state index in [1.807, 2.05) is 0 Å². The SMILES string of the molecule is CCOC(=O)[C@@](Br)(c1ncc(Cl)cn1)C1CC1. The number of aromatic nitrogens is 2. The normalized spacial score (nSPS) is 18.5. The fraction of sp³-hybridized carbons (Fsp3) is 0.545. The van der Waals surface area contributed by atoms with Crippen LogP contribution in [0.2, 0.25) is 5.02 Å². The third-order valence-corrected chi connectivity index (χ3v) is 4.18. The van der Waals surface area contributed by atoms with E-state index < -0.39 is 4.32 Å². The lowest BCUT2D eigenvalue weighted by molar-refractivity contribution is -0.147. The van der Waals surface area contributed by atoms with Crippen molar-refractivity contribution in [3.8, 4) is 0 Å². The molecule has 0 radical (unpaired) electrons. The van der Waals surface area contributed by atoms with Crippen LogP contribution in [0.4, 0.5) is 0 Å². The molecule has 17 heavy (non-hydrogen) atoms. The third-order valence-electron chi connectivity index (χ3n) is 2.66. The van der Waals surface area contributed by atoms with Crippen molar-refractivity contribution >= 4 is 33.5 Å². The Kier molecular flexibility index (Phi) is 3.68. The number of esters is 1. The molecule has 1 aliphatic carbocycles. The van der Waals surface area contributed by atoms with E-state index in [1.54, 1.807) is 6.92 Å². The molecule has 0 aromatic carbocycles. The van der Waals surface area contributed by atoms with E-state index >= 15 is 0 Å². The molecule has 1 fully saturated rings. The molecule has 0 amide bonds. The van der Waals surface area contributed by atoms with Gasteiger partial charge < -0.3 is 4.74 Å². The van der Waals surface area contributed by atoms with Gasteiger partial charge in [-0.1, -0.05) is 27.5 Å². The highest BCUT2D eigenvalue weighted by atomic mass is 79.9. The van der Waals surface area contributed by atoms with Crippen LogP contribution in [-0.2, 0) is 13.9 Å². The molecule has 1 saturated carbocycles. The molecule has 0 aliphatic heterocycles. The van der Waals surface area contributed by atoms with Crippen LogP contribution in [0.5, 0.6) is 0 Å². The molecule has 0 unspecified atom stereocenters. The number of ether oxygens (including phenoxy) is 1. The zero-order valence-electron chi connectivity index (χ0n) is 9.32. The molecule has 1 aromatic heterocycles. The maximum atomic E-state index is 12.0. The number of nitrogens with zero attached hydrogens (tertiary/aromatic N) is 2. The van der Waals surface area contributed by atoms with Crippen LogP contribution in [0.25, 0.3) is 0 Å². The van der Waals surface area contributed by atoms with Crippen LogP contribution >= 0.6 is 27.5 Å². The van der Waals surface area contributed by atoms with Gasteiger partial charge in [-0.15, -0.1) is 0 Å². The minimum Gasteiger partial charge on any atom is -0.465 e. The summed E-state index contributed by atoms with van der Waals surface area (Å²) in [6.07, 6.45) is 4.91. The summed E-state index contributed by atoms with van der Waals surface area (Å²) in [7, 11) is 0. The first-order valence-corrected chi connectivity index (χ1v) is 6.60. The summed E-state index contributed by atoms with van der Waals surface area (Å²) in [6, 6.07) is 0. The van der Waals surface area contributed by atoms with E-state index in [-0.39, 0.29) is 11.9 Å². The predicted molar refractivity (Wildman–Crippen MR) is 67.0 cm³/mol. The van der Waals surface area contributed by atoms with Gasteiger partial charge in [-0.05, 0) is 25.7 Å². The largest absolute Gasteiger partial charge is 0.465 e. The second kappa shape index (κ2) is 4.90. The zero-order valence-corrected chi connectivity index (χ0v) is 11.7. The van der Waals surface area contributed by atoms with Gasteiger partial charge >= 0.3 is 5.97 Å². The second-order valence-corrected chi connectivity index (χ2v) is 5.62. The molecule has 92 valence electrons. The topological polar surface area (TPSA) is 52.1 Å². The van der Waals surface area contributed by atoms with Crippen molar-refractivity contribution in [3.05, 3.63) is 23.2 Å². The lowest BCUT2D eigenvalue weighted by Gasteiger charge is -2.23. The maximum Gasteiger partial charge on any atom is 0.331 e. The number of carbonyl (C=O) groups is 1. The molecule has 0 spiro atoms. The Morgan fingerprint density at radius 3 is 2.65 bits per heavy atom. The maximum absolute atomic E-state index is 12.0. The van der Waals surface area contributed by atoms with Gasteiger partial charge in [0.1, 0.15) is 0 Å². The van der Waals surface area contributed by atoms with Gasteiger partial charge in [0.05, 0.1) is 11.6 Å². The minimum atomic E-state index is -0.923. The number of halogens is 2. The van der Waals surface area contributed by atoms with E-state index in [9.17, 15) is 4.79 Å². The number of hydrogen-bond acceptors (Lipinski definition) is 4. The number of alkyl halides is 1. The van der Waals surface area contributed by atoms with Crippen molar-refractivity contribution < 1.29 is 9.53 Å². The molecule has 4 nitrogen and oxygen atoms in total. The fourth-order valence-corrected chi connectivity index (χ4v) is 2.53. The molecule has 1 aliphatic rings. The van der Waals surface area contributed by atoms with E-state index in [0.717, 1.165) is 12.8 Å². The standard InChI is InChI=1S/C11H12BrClN2O2/c1-2-17-10(16)11(12,7-3-4-7)9-14-5-8(13)6-15-9/h5-7H,2-4H2,1H3/t11-/m0/s1. The summed E-state index contributed by atoms with van der Waals surface area (Å²) in [6.45, 7) is 2.12. The summed E-state index contributed by atoms with van der Waals surface area (Å²) in [4.78, 5) is 20.3. The van der Waals surface area contributed by atoms with Gasteiger partial charge in [-0.25, -0.2) is 9.97 Å². The first kappa shape index (κ1) is 12.8. The molecule has 0 bridgehead atoms. The summed E-state index contributed by atoms with van der Waals surface area (Å²) in [5.41, 5.74) is 0. The smallest absolute Gasteiger partial charge is 0.331 e. The summed E-state index contributed by atoms with van der Waals surface area (Å²) < 4.78 is 4.17. The van der Waals surface area contributed by atoms with Crippen molar-refractivity contribution in [2.45, 2.75) is 24.1 Å². The van der Waals surface area contributed by atoms with Gasteiger partial charge in [0.2, 0.25) is 0 Å². The van der Waals surface area contributed by atoms with Crippen LogP contribution in [-0.4, -0.2) is 22.5 Å². The quantitative estimate of drug-likeness (QED) is 0.632. The first-order valence-electron chi connectivity index (χ1n) is 5.43. The van der Waals surface area contributed by atoms with Gasteiger partial charge in [0, 0.05) is 12.4 Å². The summed E-state index contributed by atoms with van der Waals surface area (Å²) in [5, 5.41) is 0.447. The van der Waals surface area contributed by atoms with Crippen LogP contribution in [0.1, 0.15) is 25.6 Å². The van der Waals surface area contributed by atoms with E-state index in [1.165, 1.54) is 12.4 Å². The van der Waals surface area contributed by atoms with Crippen molar-refractivity contribution in [1.82, 2.24) is 9.97 Å². The monoisotopic (exact) mass is 318 g/mol. The molecular formula is C11H12BrClN2O2. The van der Waals surface area contributed by atoms with Crippen LogP contribution in [0.15, 0.2) is 12.4 Å². The van der Waals surface area contributed by atoms with Gasteiger partial charge in [-0.2, -0.15) is 0 Å². The van der Waals surface area contributed by atoms with Crippen molar-refractivity contribution in [1.29, 1.82) is 0 Å². The Labute approximate surface area is 113 Å². The van der Waals surface area contributed by atoms with E-state index in [0.29, 0.717) is 17.5 Å². The van der Waals surface area contributed by atoms with Crippen LogP contribution in [0, 0.1) is 5.92 Å². The highest BCUT2D eigenvalue weighted by Gasteiger charge is 2.53. The third kappa shape index (κ3) is 2.45. The number of carbonyl (C=O) groups excluding carboxylic acids is 1. The number of hydrogen-bond donors (Lipinski definition) is 0. The minimum absolute atomic E-state index is 0.197. The summed E-state index contributed by atoms with van der Waals surface area (Å²) in [5.74, 6) is 0.287. The van der Waals surface area contributed by atoms with Gasteiger partial charge in [-0.3, -0.25) is 4.79 Å². The Morgan fingerprint density at radius 1 is 1.59 bits per heavy atom. The Bertz CT molecular complexity index is 422. The zero-order chi connectivity index (χ0) is 12.5. The molecule has 0 saturated heterocycles. The lowest BCUT2D eigenvalue weighted by Crippen LogP contribution is -2.35. The van der Waals surface area contributed by atoms with Gasteiger partial charge in [0.25, 0.3) is 0 Å². The molecule has 0 N–H and O–H groups in total. The Balaban J connectivity index is 2.33. The van der Waals surface area contributed by atoms with Crippen molar-refractivity contribution in [3.63, 3.8) is 0 Å². The summed E-state index contributed by atoms with van der Waals surface area (Å²) >= 11 is 9.21. The Hall–Kier alpha value is -0.680. The lowest BCUT2D eigenvalue weighted by atomic mass is 10.0. The predicted octanol–water partition coefficient (Wildman–Crippen LogP) is 2.69. The average molecular weight is 320 g/mol. The molecule has 1 heterocycles. The van der Waals surface area contributed by atoms with Gasteiger partial charge in [0.15, 0.2) is 10.1 Å².